The Morgan fingerprint density at radius 1 is 1.33 bits per heavy atom. The fraction of sp³-hybridized carbons (Fsp3) is 0.231. The second kappa shape index (κ2) is 4.94. The Balaban J connectivity index is 2.27. The van der Waals surface area contributed by atoms with Crippen LogP contribution in [0.15, 0.2) is 27.2 Å². The molecule has 0 radical (unpaired) electrons. The van der Waals surface area contributed by atoms with Crippen LogP contribution < -0.4 is 5.32 Å². The van der Waals surface area contributed by atoms with Gasteiger partial charge in [0.05, 0.1) is 5.69 Å². The first kappa shape index (κ1) is 12.8. The molecule has 18 heavy (non-hydrogen) atoms. The van der Waals surface area contributed by atoms with E-state index < -0.39 is 0 Å². The van der Waals surface area contributed by atoms with E-state index in [9.17, 15) is 4.79 Å². The molecule has 0 saturated heterocycles. The van der Waals surface area contributed by atoms with Gasteiger partial charge in [0.1, 0.15) is 0 Å². The summed E-state index contributed by atoms with van der Waals surface area (Å²) in [7, 11) is 0. The molecule has 2 rings (SSSR count). The molecular formula is C13H13BrN2O2. The fourth-order valence-corrected chi connectivity index (χ4v) is 1.90. The van der Waals surface area contributed by atoms with Crippen LogP contribution in [0.2, 0.25) is 0 Å². The number of amides is 1. The predicted molar refractivity (Wildman–Crippen MR) is 72.8 cm³/mol. The largest absolute Gasteiger partial charge is 0.338 e. The quantitative estimate of drug-likeness (QED) is 0.922. The van der Waals surface area contributed by atoms with E-state index in [0.29, 0.717) is 11.4 Å². The highest BCUT2D eigenvalue weighted by Gasteiger charge is 2.15. The summed E-state index contributed by atoms with van der Waals surface area (Å²) in [5, 5.41) is 6.53. The molecule has 0 atom stereocenters. The summed E-state index contributed by atoms with van der Waals surface area (Å²) in [6, 6.07) is 5.57. The van der Waals surface area contributed by atoms with E-state index in [1.54, 1.807) is 6.07 Å². The zero-order valence-corrected chi connectivity index (χ0v) is 12.0. The average molecular weight is 309 g/mol. The van der Waals surface area contributed by atoms with Crippen molar-refractivity contribution >= 4 is 27.7 Å². The Hall–Kier alpha value is -1.62. The molecular weight excluding hydrogens is 296 g/mol. The molecule has 0 saturated carbocycles. The topological polar surface area (TPSA) is 55.1 Å². The lowest BCUT2D eigenvalue weighted by Gasteiger charge is -2.06. The van der Waals surface area contributed by atoms with Gasteiger partial charge in [0, 0.05) is 15.6 Å². The maximum Gasteiger partial charge on any atom is 0.258 e. The van der Waals surface area contributed by atoms with Gasteiger partial charge in [-0.05, 0) is 38.5 Å². The van der Waals surface area contributed by atoms with Crippen LogP contribution in [0.5, 0.6) is 0 Å². The Morgan fingerprint density at radius 2 is 2.06 bits per heavy atom. The molecule has 1 N–H and O–H groups in total. The van der Waals surface area contributed by atoms with Gasteiger partial charge >= 0.3 is 0 Å². The molecule has 5 heteroatoms. The van der Waals surface area contributed by atoms with Crippen molar-refractivity contribution < 1.29 is 9.32 Å². The lowest BCUT2D eigenvalue weighted by atomic mass is 10.1. The molecule has 0 aliphatic rings. The van der Waals surface area contributed by atoms with Crippen molar-refractivity contribution in [3.05, 3.63) is 45.1 Å². The third-order valence-electron chi connectivity index (χ3n) is 2.83. The average Bonchev–Trinajstić information content (AvgIpc) is 2.64. The van der Waals surface area contributed by atoms with E-state index in [1.807, 2.05) is 32.9 Å². The zero-order valence-electron chi connectivity index (χ0n) is 10.4. The van der Waals surface area contributed by atoms with Gasteiger partial charge < -0.3 is 4.52 Å². The lowest BCUT2D eigenvalue weighted by molar-refractivity contribution is 0.102. The summed E-state index contributed by atoms with van der Waals surface area (Å²) in [4.78, 5) is 12.1. The monoisotopic (exact) mass is 308 g/mol. The third-order valence-corrected chi connectivity index (χ3v) is 3.32. The van der Waals surface area contributed by atoms with Gasteiger partial charge in [-0.3, -0.25) is 10.1 Å². The van der Waals surface area contributed by atoms with Crippen LogP contribution in [0.3, 0.4) is 0 Å². The molecule has 1 amide bonds. The number of carbonyl (C=O) groups is 1. The standard InChI is InChI=1S/C13H13BrN2O2/c1-7-4-5-10(14)6-11(7)12(17)15-13-8(2)9(3)16-18-13/h4-6H,1-3H3,(H,15,17). The van der Waals surface area contributed by atoms with Gasteiger partial charge in [-0.2, -0.15) is 0 Å². The molecule has 0 aliphatic carbocycles. The molecule has 94 valence electrons. The number of rotatable bonds is 2. The molecule has 0 fully saturated rings. The van der Waals surface area contributed by atoms with Crippen molar-refractivity contribution in [2.75, 3.05) is 5.32 Å². The van der Waals surface area contributed by atoms with Crippen molar-refractivity contribution in [1.82, 2.24) is 5.16 Å². The number of halogens is 1. The van der Waals surface area contributed by atoms with Crippen molar-refractivity contribution in [3.63, 3.8) is 0 Å². The number of nitrogens with one attached hydrogen (secondary N) is 1. The Labute approximate surface area is 113 Å². The number of carbonyl (C=O) groups excluding carboxylic acids is 1. The van der Waals surface area contributed by atoms with Gasteiger partial charge in [0.2, 0.25) is 5.88 Å². The first-order chi connectivity index (χ1) is 8.49. The van der Waals surface area contributed by atoms with E-state index in [-0.39, 0.29) is 5.91 Å². The number of hydrogen-bond donors (Lipinski definition) is 1. The summed E-state index contributed by atoms with van der Waals surface area (Å²) in [5.74, 6) is 0.199. The van der Waals surface area contributed by atoms with E-state index in [2.05, 4.69) is 26.4 Å². The summed E-state index contributed by atoms with van der Waals surface area (Å²) < 4.78 is 5.93. The van der Waals surface area contributed by atoms with Gasteiger partial charge in [-0.1, -0.05) is 27.2 Å². The molecule has 0 spiro atoms. The predicted octanol–water partition coefficient (Wildman–Crippen LogP) is 3.61. The van der Waals surface area contributed by atoms with Crippen molar-refractivity contribution in [1.29, 1.82) is 0 Å². The lowest BCUT2D eigenvalue weighted by Crippen LogP contribution is -2.13. The summed E-state index contributed by atoms with van der Waals surface area (Å²) >= 11 is 3.35. The van der Waals surface area contributed by atoms with Gasteiger partial charge in [-0.15, -0.1) is 0 Å². The number of benzene rings is 1. The van der Waals surface area contributed by atoms with Crippen molar-refractivity contribution in [3.8, 4) is 0 Å². The van der Waals surface area contributed by atoms with Crippen molar-refractivity contribution in [2.24, 2.45) is 0 Å². The van der Waals surface area contributed by atoms with Crippen LogP contribution in [0, 0.1) is 20.8 Å². The Morgan fingerprint density at radius 3 is 2.67 bits per heavy atom. The number of aromatic nitrogens is 1. The maximum absolute atomic E-state index is 12.1. The maximum atomic E-state index is 12.1. The number of aryl methyl sites for hydroxylation is 2. The smallest absolute Gasteiger partial charge is 0.258 e. The number of anilines is 1. The minimum Gasteiger partial charge on any atom is -0.338 e. The normalized spacial score (nSPS) is 10.4. The van der Waals surface area contributed by atoms with E-state index >= 15 is 0 Å². The van der Waals surface area contributed by atoms with Crippen LogP contribution >= 0.6 is 15.9 Å². The summed E-state index contributed by atoms with van der Waals surface area (Å²) in [6.45, 7) is 5.58. The highest BCUT2D eigenvalue weighted by molar-refractivity contribution is 9.10. The van der Waals surface area contributed by atoms with Gasteiger partial charge in [0.25, 0.3) is 5.91 Å². The Kier molecular flexibility index (Phi) is 3.52. The Bertz CT molecular complexity index is 605. The molecule has 2 aromatic rings. The fourth-order valence-electron chi connectivity index (χ4n) is 1.54. The molecule has 1 aromatic carbocycles. The number of hydrogen-bond acceptors (Lipinski definition) is 3. The summed E-state index contributed by atoms with van der Waals surface area (Å²) in [6.07, 6.45) is 0. The van der Waals surface area contributed by atoms with Crippen molar-refractivity contribution in [2.45, 2.75) is 20.8 Å². The highest BCUT2D eigenvalue weighted by atomic mass is 79.9. The third kappa shape index (κ3) is 2.46. The minimum absolute atomic E-state index is 0.201. The van der Waals surface area contributed by atoms with Crippen LogP contribution in [-0.4, -0.2) is 11.1 Å². The van der Waals surface area contributed by atoms with Crippen LogP contribution in [0.1, 0.15) is 27.2 Å². The first-order valence-corrected chi connectivity index (χ1v) is 6.28. The molecule has 1 heterocycles. The zero-order chi connectivity index (χ0) is 13.3. The molecule has 0 bridgehead atoms. The van der Waals surface area contributed by atoms with Gasteiger partial charge in [-0.25, -0.2) is 0 Å². The molecule has 0 aliphatic heterocycles. The van der Waals surface area contributed by atoms with E-state index in [4.69, 9.17) is 4.52 Å². The molecule has 1 aromatic heterocycles. The molecule has 0 unspecified atom stereocenters. The highest BCUT2D eigenvalue weighted by Crippen LogP contribution is 2.21. The van der Waals surface area contributed by atoms with Crippen LogP contribution in [0.25, 0.3) is 0 Å². The molecule has 4 nitrogen and oxygen atoms in total. The minimum atomic E-state index is -0.201. The van der Waals surface area contributed by atoms with E-state index in [1.165, 1.54) is 0 Å². The summed E-state index contributed by atoms with van der Waals surface area (Å²) in [5.41, 5.74) is 3.13. The van der Waals surface area contributed by atoms with E-state index in [0.717, 1.165) is 21.3 Å². The first-order valence-electron chi connectivity index (χ1n) is 5.49. The van der Waals surface area contributed by atoms with Crippen LogP contribution in [-0.2, 0) is 0 Å². The van der Waals surface area contributed by atoms with Crippen LogP contribution in [0.4, 0.5) is 5.88 Å². The SMILES string of the molecule is Cc1ccc(Br)cc1C(=O)Nc1onc(C)c1C. The van der Waals surface area contributed by atoms with Gasteiger partial charge in [0.15, 0.2) is 0 Å². The number of nitrogens with zero attached hydrogens (tertiary/aromatic N) is 1. The second-order valence-electron chi connectivity index (χ2n) is 4.14. The second-order valence-corrected chi connectivity index (χ2v) is 5.05.